The van der Waals surface area contributed by atoms with E-state index < -0.39 is 5.56 Å². The zero-order valence-corrected chi connectivity index (χ0v) is 12.3. The average molecular weight is 310 g/mol. The van der Waals surface area contributed by atoms with Gasteiger partial charge in [-0.25, -0.2) is 0 Å². The second-order valence-corrected chi connectivity index (χ2v) is 4.72. The van der Waals surface area contributed by atoms with Crippen molar-refractivity contribution in [1.29, 1.82) is 0 Å². The highest BCUT2D eigenvalue weighted by Gasteiger charge is 2.12. The molecule has 0 fully saturated rings. The minimum absolute atomic E-state index is 0.0946. The Morgan fingerprint density at radius 3 is 2.65 bits per heavy atom. The number of hydrogen-bond donors (Lipinski definition) is 3. The van der Waals surface area contributed by atoms with Crippen LogP contribution in [-0.2, 0) is 0 Å². The molecule has 1 heterocycles. The Bertz CT molecular complexity index is 911. The fourth-order valence-electron chi connectivity index (χ4n) is 2.13. The van der Waals surface area contributed by atoms with E-state index in [-0.39, 0.29) is 11.4 Å². The van der Waals surface area contributed by atoms with Crippen LogP contribution in [-0.4, -0.2) is 22.4 Å². The number of nitrogens with one attached hydrogen (secondary N) is 2. The Kier molecular flexibility index (Phi) is 3.92. The molecule has 0 radical (unpaired) electrons. The van der Waals surface area contributed by atoms with E-state index in [0.29, 0.717) is 22.7 Å². The lowest BCUT2D eigenvalue weighted by Crippen LogP contribution is -1.96. The number of nitrogens with zero attached hydrogens (tertiary/aromatic N) is 2. The smallest absolute Gasteiger partial charge is 0.292 e. The predicted molar refractivity (Wildman–Crippen MR) is 85.7 cm³/mol. The summed E-state index contributed by atoms with van der Waals surface area (Å²) < 4.78 is 5.20. The van der Waals surface area contributed by atoms with Crippen LogP contribution in [0.5, 0.6) is 11.5 Å². The van der Waals surface area contributed by atoms with Gasteiger partial charge in [0.15, 0.2) is 5.69 Å². The van der Waals surface area contributed by atoms with Crippen LogP contribution in [0.25, 0.3) is 11.3 Å². The van der Waals surface area contributed by atoms with Gasteiger partial charge in [0.2, 0.25) is 0 Å². The van der Waals surface area contributed by atoms with E-state index in [0.717, 1.165) is 0 Å². The van der Waals surface area contributed by atoms with E-state index in [2.05, 4.69) is 20.4 Å². The number of phenols is 1. The molecule has 0 spiro atoms. The van der Waals surface area contributed by atoms with Gasteiger partial charge >= 0.3 is 0 Å². The van der Waals surface area contributed by atoms with Gasteiger partial charge in [-0.05, 0) is 24.3 Å². The summed E-state index contributed by atoms with van der Waals surface area (Å²) in [6, 6.07) is 13.6. The highest BCUT2D eigenvalue weighted by molar-refractivity contribution is 5.72. The van der Waals surface area contributed by atoms with Gasteiger partial charge in [-0.3, -0.25) is 15.0 Å². The van der Waals surface area contributed by atoms with Crippen molar-refractivity contribution in [2.24, 2.45) is 10.2 Å². The molecule has 2 aromatic carbocycles. The summed E-state index contributed by atoms with van der Waals surface area (Å²) >= 11 is 0. The number of methoxy groups -OCH3 is 1. The number of phenolic OH excluding ortho intramolecular Hbond substituents is 1. The minimum Gasteiger partial charge on any atom is -0.508 e. The van der Waals surface area contributed by atoms with Crippen molar-refractivity contribution in [2.75, 3.05) is 7.11 Å². The van der Waals surface area contributed by atoms with Gasteiger partial charge in [0.1, 0.15) is 17.2 Å². The van der Waals surface area contributed by atoms with E-state index in [4.69, 9.17) is 4.74 Å². The molecule has 0 saturated heterocycles. The fourth-order valence-corrected chi connectivity index (χ4v) is 2.13. The molecule has 3 rings (SSSR count). The Morgan fingerprint density at radius 1 is 1.04 bits per heavy atom. The number of H-pyrrole nitrogens is 2. The zero-order chi connectivity index (χ0) is 16.2. The van der Waals surface area contributed by atoms with Crippen molar-refractivity contribution in [2.45, 2.75) is 0 Å². The Morgan fingerprint density at radius 2 is 1.87 bits per heavy atom. The first kappa shape index (κ1) is 14.6. The first-order chi connectivity index (χ1) is 11.2. The van der Waals surface area contributed by atoms with E-state index >= 15 is 0 Å². The van der Waals surface area contributed by atoms with Crippen LogP contribution in [0.3, 0.4) is 0 Å². The third kappa shape index (κ3) is 2.98. The maximum absolute atomic E-state index is 11.9. The van der Waals surface area contributed by atoms with E-state index in [1.807, 2.05) is 6.07 Å². The first-order valence-electron chi connectivity index (χ1n) is 6.84. The van der Waals surface area contributed by atoms with Gasteiger partial charge in [-0.2, -0.15) is 0 Å². The summed E-state index contributed by atoms with van der Waals surface area (Å²) in [6.45, 7) is 0. The van der Waals surface area contributed by atoms with Crippen LogP contribution in [0.15, 0.2) is 63.6 Å². The molecule has 116 valence electrons. The predicted octanol–water partition coefficient (Wildman–Crippen LogP) is 3.50. The lowest BCUT2D eigenvalue weighted by molar-refractivity contribution is 0.416. The molecule has 0 atom stereocenters. The summed E-state index contributed by atoms with van der Waals surface area (Å²) in [5.74, 6) is 0.652. The number of hydrogen-bond acceptors (Lipinski definition) is 5. The lowest BCUT2D eigenvalue weighted by atomic mass is 10.1. The van der Waals surface area contributed by atoms with E-state index in [1.165, 1.54) is 13.2 Å². The molecular formula is C16H14N4O3. The Labute approximate surface area is 131 Å². The highest BCUT2D eigenvalue weighted by atomic mass is 16.5. The van der Waals surface area contributed by atoms with Crippen molar-refractivity contribution < 1.29 is 9.84 Å². The summed E-state index contributed by atoms with van der Waals surface area (Å²) in [5, 5.41) is 22.9. The third-order valence-corrected chi connectivity index (χ3v) is 3.23. The van der Waals surface area contributed by atoms with Gasteiger partial charge in [-0.1, -0.05) is 24.3 Å². The number of benzene rings is 2. The highest BCUT2D eigenvalue weighted by Crippen LogP contribution is 2.31. The molecule has 0 aliphatic rings. The van der Waals surface area contributed by atoms with Crippen LogP contribution in [0.4, 0.5) is 11.4 Å². The van der Waals surface area contributed by atoms with Crippen molar-refractivity contribution >= 4 is 11.4 Å². The van der Waals surface area contributed by atoms with Gasteiger partial charge in [0.05, 0.1) is 12.8 Å². The normalized spacial score (nSPS) is 11.0. The van der Waals surface area contributed by atoms with Crippen molar-refractivity contribution in [3.63, 3.8) is 0 Å². The van der Waals surface area contributed by atoms with Crippen molar-refractivity contribution in [3.8, 4) is 22.8 Å². The van der Waals surface area contributed by atoms with Crippen molar-refractivity contribution in [1.82, 2.24) is 10.2 Å². The second-order valence-electron chi connectivity index (χ2n) is 4.72. The minimum atomic E-state index is -0.401. The average Bonchev–Trinajstić information content (AvgIpc) is 2.94. The van der Waals surface area contributed by atoms with Gasteiger partial charge in [0, 0.05) is 5.56 Å². The second kappa shape index (κ2) is 6.18. The lowest BCUT2D eigenvalue weighted by Gasteiger charge is -2.02. The molecule has 7 heteroatoms. The Balaban J connectivity index is 2.03. The monoisotopic (exact) mass is 310 g/mol. The topological polar surface area (TPSA) is 103 Å². The third-order valence-electron chi connectivity index (χ3n) is 3.23. The molecule has 3 aromatic rings. The molecule has 1 aromatic heterocycles. The maximum Gasteiger partial charge on any atom is 0.292 e. The van der Waals surface area contributed by atoms with Crippen molar-refractivity contribution in [3.05, 3.63) is 58.9 Å². The Hall–Kier alpha value is -3.35. The molecule has 23 heavy (non-hydrogen) atoms. The number of azo groups is 1. The molecule has 0 unspecified atom stereocenters. The molecule has 0 saturated carbocycles. The SMILES string of the molecule is COc1ccccc1N=Nc1c(-c2cccc(O)c2)[nH][nH]c1=O. The molecule has 0 bridgehead atoms. The quantitative estimate of drug-likeness (QED) is 0.642. The van der Waals surface area contributed by atoms with Gasteiger partial charge in [-0.15, -0.1) is 10.2 Å². The molecule has 3 N–H and O–H groups in total. The number of aromatic hydroxyl groups is 1. The maximum atomic E-state index is 11.9. The first-order valence-corrected chi connectivity index (χ1v) is 6.84. The van der Waals surface area contributed by atoms with Crippen LogP contribution in [0.2, 0.25) is 0 Å². The number of aromatic amines is 2. The van der Waals surface area contributed by atoms with Crippen LogP contribution in [0.1, 0.15) is 0 Å². The van der Waals surface area contributed by atoms with E-state index in [9.17, 15) is 9.90 Å². The van der Waals surface area contributed by atoms with Crippen LogP contribution < -0.4 is 10.3 Å². The number of ether oxygens (including phenoxy) is 1. The molecule has 0 aliphatic heterocycles. The fraction of sp³-hybridized carbons (Fsp3) is 0.0625. The molecule has 0 aliphatic carbocycles. The largest absolute Gasteiger partial charge is 0.508 e. The molecule has 7 nitrogen and oxygen atoms in total. The summed E-state index contributed by atoms with van der Waals surface area (Å²) in [7, 11) is 1.54. The van der Waals surface area contributed by atoms with Gasteiger partial charge < -0.3 is 9.84 Å². The van der Waals surface area contributed by atoms with Crippen LogP contribution in [0, 0.1) is 0 Å². The summed E-state index contributed by atoms with van der Waals surface area (Å²) in [5.41, 5.74) is 1.31. The standard InChI is InChI=1S/C16H14N4O3/c1-23-13-8-3-2-7-12(13)17-19-15-14(18-20-16(15)22)10-5-4-6-11(21)9-10/h2-9,21H,1H3,(H2,18,20,22). The molecular weight excluding hydrogens is 296 g/mol. The van der Waals surface area contributed by atoms with Crippen LogP contribution >= 0.6 is 0 Å². The number of para-hydroxylation sites is 1. The number of rotatable bonds is 4. The molecule has 0 amide bonds. The summed E-state index contributed by atoms with van der Waals surface area (Å²) in [4.78, 5) is 11.9. The summed E-state index contributed by atoms with van der Waals surface area (Å²) in [6.07, 6.45) is 0. The number of aromatic nitrogens is 2. The zero-order valence-electron chi connectivity index (χ0n) is 12.3. The van der Waals surface area contributed by atoms with Gasteiger partial charge in [0.25, 0.3) is 5.56 Å². The van der Waals surface area contributed by atoms with E-state index in [1.54, 1.807) is 36.4 Å².